The number of amides is 1. The van der Waals surface area contributed by atoms with E-state index in [1.807, 2.05) is 32.0 Å². The summed E-state index contributed by atoms with van der Waals surface area (Å²) in [6.45, 7) is 5.41. The number of hydrogen-bond acceptors (Lipinski definition) is 4. The third-order valence-electron chi connectivity index (χ3n) is 2.82. The molecule has 1 amide bonds. The fourth-order valence-electron chi connectivity index (χ4n) is 1.87. The van der Waals surface area contributed by atoms with E-state index < -0.39 is 0 Å². The number of anilines is 2. The summed E-state index contributed by atoms with van der Waals surface area (Å²) >= 11 is 0. The molecular formula is C14H22N2O3. The van der Waals surface area contributed by atoms with Crippen molar-refractivity contribution in [1.29, 1.82) is 0 Å². The lowest BCUT2D eigenvalue weighted by Gasteiger charge is -2.23. The second-order valence-electron chi connectivity index (χ2n) is 4.48. The number of rotatable bonds is 6. The zero-order valence-corrected chi connectivity index (χ0v) is 12.1. The Kier molecular flexibility index (Phi) is 5.79. The Morgan fingerprint density at radius 2 is 1.89 bits per heavy atom. The summed E-state index contributed by atoms with van der Waals surface area (Å²) in [7, 11) is 3.20. The van der Waals surface area contributed by atoms with E-state index in [0.29, 0.717) is 0 Å². The van der Waals surface area contributed by atoms with Gasteiger partial charge in [-0.15, -0.1) is 0 Å². The maximum Gasteiger partial charge on any atom is 0.221 e. The van der Waals surface area contributed by atoms with Crippen molar-refractivity contribution in [3.8, 4) is 0 Å². The maximum atomic E-state index is 11.1. The number of nitrogens with one attached hydrogen (secondary N) is 2. The summed E-state index contributed by atoms with van der Waals surface area (Å²) < 4.78 is 10.4. The molecule has 0 fully saturated rings. The van der Waals surface area contributed by atoms with Gasteiger partial charge in [0.1, 0.15) is 0 Å². The molecule has 0 radical (unpaired) electrons. The zero-order valence-electron chi connectivity index (χ0n) is 12.1. The topological polar surface area (TPSA) is 59.6 Å². The Balaban J connectivity index is 2.81. The van der Waals surface area contributed by atoms with Gasteiger partial charge in [-0.2, -0.15) is 0 Å². The minimum absolute atomic E-state index is 0.0112. The van der Waals surface area contributed by atoms with E-state index in [9.17, 15) is 4.79 Å². The summed E-state index contributed by atoms with van der Waals surface area (Å²) in [4.78, 5) is 11.1. The number of carbonyl (C=O) groups excluding carboxylic acids is 1. The first-order valence-electron chi connectivity index (χ1n) is 6.18. The molecule has 0 aliphatic heterocycles. The van der Waals surface area contributed by atoms with E-state index in [4.69, 9.17) is 9.47 Å². The van der Waals surface area contributed by atoms with Gasteiger partial charge in [0.05, 0.1) is 6.04 Å². The van der Waals surface area contributed by atoms with E-state index in [1.165, 1.54) is 6.92 Å². The van der Waals surface area contributed by atoms with Crippen molar-refractivity contribution >= 4 is 17.3 Å². The van der Waals surface area contributed by atoms with Crippen LogP contribution in [0.3, 0.4) is 0 Å². The van der Waals surface area contributed by atoms with Crippen molar-refractivity contribution in [2.24, 2.45) is 0 Å². The Morgan fingerprint density at radius 1 is 1.26 bits per heavy atom. The van der Waals surface area contributed by atoms with Gasteiger partial charge in [-0.3, -0.25) is 4.79 Å². The van der Waals surface area contributed by atoms with Crippen molar-refractivity contribution in [1.82, 2.24) is 0 Å². The number of carbonyl (C=O) groups is 1. The molecule has 0 spiro atoms. The van der Waals surface area contributed by atoms with Crippen LogP contribution in [0.15, 0.2) is 18.2 Å². The van der Waals surface area contributed by atoms with Crippen LogP contribution in [0.2, 0.25) is 0 Å². The van der Waals surface area contributed by atoms with E-state index in [0.717, 1.165) is 16.9 Å². The molecule has 0 bridgehead atoms. The van der Waals surface area contributed by atoms with Crippen LogP contribution < -0.4 is 10.6 Å². The molecule has 19 heavy (non-hydrogen) atoms. The van der Waals surface area contributed by atoms with Gasteiger partial charge in [-0.05, 0) is 31.5 Å². The van der Waals surface area contributed by atoms with Crippen LogP contribution in [0.1, 0.15) is 19.4 Å². The molecule has 0 saturated carbocycles. The van der Waals surface area contributed by atoms with Crippen LogP contribution in [-0.2, 0) is 14.3 Å². The summed E-state index contributed by atoms with van der Waals surface area (Å²) in [5.74, 6) is -0.0834. The van der Waals surface area contributed by atoms with Crippen LogP contribution in [-0.4, -0.2) is 32.5 Å². The quantitative estimate of drug-likeness (QED) is 0.776. The molecular weight excluding hydrogens is 244 g/mol. The van der Waals surface area contributed by atoms with Gasteiger partial charge < -0.3 is 20.1 Å². The number of benzene rings is 1. The Hall–Kier alpha value is -1.59. The van der Waals surface area contributed by atoms with Crippen LogP contribution in [0.25, 0.3) is 0 Å². The van der Waals surface area contributed by atoms with Crippen LogP contribution in [0.4, 0.5) is 11.4 Å². The van der Waals surface area contributed by atoms with Gasteiger partial charge in [0, 0.05) is 32.5 Å². The number of methoxy groups -OCH3 is 2. The largest absolute Gasteiger partial charge is 0.377 e. The smallest absolute Gasteiger partial charge is 0.221 e. The Bertz CT molecular complexity index is 431. The fourth-order valence-corrected chi connectivity index (χ4v) is 1.87. The molecule has 1 atom stereocenters. The van der Waals surface area contributed by atoms with E-state index >= 15 is 0 Å². The predicted octanol–water partition coefficient (Wildman–Crippen LogP) is 2.37. The molecule has 0 aliphatic carbocycles. The third kappa shape index (κ3) is 4.54. The van der Waals surface area contributed by atoms with Crippen molar-refractivity contribution in [3.63, 3.8) is 0 Å². The molecule has 0 aromatic heterocycles. The Labute approximate surface area is 114 Å². The minimum Gasteiger partial charge on any atom is -0.377 e. The summed E-state index contributed by atoms with van der Waals surface area (Å²) in [6.07, 6.45) is -0.328. The molecule has 0 saturated heterocycles. The monoisotopic (exact) mass is 266 g/mol. The van der Waals surface area contributed by atoms with Gasteiger partial charge in [0.2, 0.25) is 5.91 Å². The maximum absolute atomic E-state index is 11.1. The second-order valence-corrected chi connectivity index (χ2v) is 4.48. The molecule has 1 rings (SSSR count). The lowest BCUT2D eigenvalue weighted by Crippen LogP contribution is -2.33. The standard InChI is InChI=1S/C14H22N2O3/c1-9-6-7-12(8-13(9)16-11(3)17)15-10(2)14(18-4)19-5/h6-8,10,14-15H,1-5H3,(H,16,17). The molecule has 106 valence electrons. The molecule has 0 heterocycles. The number of ether oxygens (including phenoxy) is 2. The first-order valence-corrected chi connectivity index (χ1v) is 6.18. The SMILES string of the molecule is COC(OC)C(C)Nc1ccc(C)c(NC(C)=O)c1. The average Bonchev–Trinajstić information content (AvgIpc) is 2.34. The minimum atomic E-state index is -0.328. The summed E-state index contributed by atoms with van der Waals surface area (Å²) in [6, 6.07) is 5.80. The van der Waals surface area contributed by atoms with Gasteiger partial charge in [0.15, 0.2) is 6.29 Å². The van der Waals surface area contributed by atoms with Gasteiger partial charge in [-0.1, -0.05) is 6.07 Å². The van der Waals surface area contributed by atoms with E-state index in [-0.39, 0.29) is 18.2 Å². The van der Waals surface area contributed by atoms with Gasteiger partial charge in [0.25, 0.3) is 0 Å². The average molecular weight is 266 g/mol. The lowest BCUT2D eigenvalue weighted by molar-refractivity contribution is -0.114. The fraction of sp³-hybridized carbons (Fsp3) is 0.500. The molecule has 1 aromatic carbocycles. The first-order chi connectivity index (χ1) is 8.97. The van der Waals surface area contributed by atoms with Crippen molar-refractivity contribution in [3.05, 3.63) is 23.8 Å². The molecule has 1 unspecified atom stereocenters. The van der Waals surface area contributed by atoms with Crippen molar-refractivity contribution < 1.29 is 14.3 Å². The molecule has 1 aromatic rings. The highest BCUT2D eigenvalue weighted by atomic mass is 16.7. The zero-order chi connectivity index (χ0) is 14.4. The highest BCUT2D eigenvalue weighted by Crippen LogP contribution is 2.21. The highest BCUT2D eigenvalue weighted by Gasteiger charge is 2.15. The molecule has 2 N–H and O–H groups in total. The molecule has 0 aliphatic rings. The highest BCUT2D eigenvalue weighted by molar-refractivity contribution is 5.90. The number of hydrogen-bond donors (Lipinski definition) is 2. The summed E-state index contributed by atoms with van der Waals surface area (Å²) in [5.41, 5.74) is 2.72. The first kappa shape index (κ1) is 15.5. The summed E-state index contributed by atoms with van der Waals surface area (Å²) in [5, 5.41) is 6.09. The van der Waals surface area contributed by atoms with Crippen LogP contribution in [0, 0.1) is 6.92 Å². The van der Waals surface area contributed by atoms with Crippen molar-refractivity contribution in [2.75, 3.05) is 24.9 Å². The molecule has 5 nitrogen and oxygen atoms in total. The molecule has 5 heteroatoms. The van der Waals surface area contributed by atoms with Gasteiger partial charge >= 0.3 is 0 Å². The Morgan fingerprint density at radius 3 is 2.42 bits per heavy atom. The normalized spacial score (nSPS) is 12.3. The van der Waals surface area contributed by atoms with E-state index in [1.54, 1.807) is 14.2 Å². The number of aryl methyl sites for hydroxylation is 1. The van der Waals surface area contributed by atoms with Crippen LogP contribution >= 0.6 is 0 Å². The second kappa shape index (κ2) is 7.11. The van der Waals surface area contributed by atoms with Crippen LogP contribution in [0.5, 0.6) is 0 Å². The lowest BCUT2D eigenvalue weighted by atomic mass is 10.1. The predicted molar refractivity (Wildman–Crippen MR) is 76.4 cm³/mol. The third-order valence-corrected chi connectivity index (χ3v) is 2.82. The van der Waals surface area contributed by atoms with Gasteiger partial charge in [-0.25, -0.2) is 0 Å². The van der Waals surface area contributed by atoms with E-state index in [2.05, 4.69) is 10.6 Å². The van der Waals surface area contributed by atoms with Crippen molar-refractivity contribution in [2.45, 2.75) is 33.1 Å².